The number of hydrogen-bond donors (Lipinski definition) is 0. The average Bonchev–Trinajstić information content (AvgIpc) is 3.56. The first-order chi connectivity index (χ1) is 20.0. The van der Waals surface area contributed by atoms with Crippen LogP contribution in [-0.2, 0) is 6.54 Å². The second kappa shape index (κ2) is 11.2. The molecule has 6 rings (SSSR count). The van der Waals surface area contributed by atoms with Gasteiger partial charge in [-0.05, 0) is 60.9 Å². The number of unbranched alkanes of at least 4 members (excludes halogenated alkanes) is 3. The van der Waals surface area contributed by atoms with Crippen LogP contribution in [0.15, 0.2) is 63.8 Å². The molecule has 8 heteroatoms. The van der Waals surface area contributed by atoms with Gasteiger partial charge in [0.1, 0.15) is 5.58 Å². The van der Waals surface area contributed by atoms with Crippen molar-refractivity contribution < 1.29 is 28.2 Å². The van der Waals surface area contributed by atoms with Gasteiger partial charge in [0.2, 0.25) is 12.6 Å². The van der Waals surface area contributed by atoms with E-state index in [-0.39, 0.29) is 30.4 Å². The monoisotopic (exact) mass is 555 g/mol. The van der Waals surface area contributed by atoms with Crippen LogP contribution in [-0.4, -0.2) is 31.3 Å². The average molecular weight is 556 g/mol. The number of fused-ring (bicyclic) bond motifs is 3. The fourth-order valence-electron chi connectivity index (χ4n) is 5.56. The van der Waals surface area contributed by atoms with Crippen molar-refractivity contribution >= 4 is 16.9 Å². The van der Waals surface area contributed by atoms with E-state index in [1.165, 1.54) is 6.42 Å². The van der Waals surface area contributed by atoms with Crippen LogP contribution in [0.3, 0.4) is 0 Å². The normalized spacial score (nSPS) is 15.4. The molecule has 0 saturated carbocycles. The third-order valence-corrected chi connectivity index (χ3v) is 7.67. The van der Waals surface area contributed by atoms with Crippen LogP contribution >= 0.6 is 0 Å². The molecule has 3 heterocycles. The molecule has 1 unspecified atom stereocenters. The molecule has 2 aliphatic heterocycles. The molecule has 1 amide bonds. The van der Waals surface area contributed by atoms with Gasteiger partial charge in [0.15, 0.2) is 28.4 Å². The van der Waals surface area contributed by atoms with E-state index in [0.717, 1.165) is 36.0 Å². The molecule has 0 spiro atoms. The van der Waals surface area contributed by atoms with Crippen molar-refractivity contribution in [3.05, 3.63) is 92.8 Å². The number of carbonyl (C=O) groups is 1. The summed E-state index contributed by atoms with van der Waals surface area (Å²) in [5, 5.41) is 0.450. The number of hydrogen-bond acceptors (Lipinski definition) is 7. The number of aryl methyl sites for hydroxylation is 1. The van der Waals surface area contributed by atoms with Gasteiger partial charge >= 0.3 is 0 Å². The van der Waals surface area contributed by atoms with E-state index in [9.17, 15) is 9.59 Å². The number of rotatable bonds is 10. The van der Waals surface area contributed by atoms with Gasteiger partial charge < -0.3 is 28.3 Å². The van der Waals surface area contributed by atoms with E-state index in [4.69, 9.17) is 23.4 Å². The van der Waals surface area contributed by atoms with Crippen molar-refractivity contribution in [1.29, 1.82) is 0 Å². The summed E-state index contributed by atoms with van der Waals surface area (Å²) in [4.78, 5) is 29.5. The van der Waals surface area contributed by atoms with Gasteiger partial charge in [0, 0.05) is 6.54 Å². The third kappa shape index (κ3) is 4.99. The molecule has 2 aliphatic rings. The molecular weight excluding hydrogens is 522 g/mol. The summed E-state index contributed by atoms with van der Waals surface area (Å²) in [7, 11) is 1.59. The van der Waals surface area contributed by atoms with Crippen molar-refractivity contribution in [2.45, 2.75) is 52.1 Å². The summed E-state index contributed by atoms with van der Waals surface area (Å²) in [5.74, 6) is 2.17. The predicted octanol–water partition coefficient (Wildman–Crippen LogP) is 6.54. The van der Waals surface area contributed by atoms with E-state index >= 15 is 0 Å². The van der Waals surface area contributed by atoms with E-state index in [2.05, 4.69) is 6.92 Å². The first-order valence-corrected chi connectivity index (χ1v) is 14.1. The SMILES string of the molecule is CCCCCCOc1ccc(C2c3c(oc4ccc(C)cc4c3=O)C(=O)N2Cc2ccc3c(c2)OCO3)cc1OC. The summed E-state index contributed by atoms with van der Waals surface area (Å²) in [6, 6.07) is 15.9. The van der Waals surface area contributed by atoms with Gasteiger partial charge in [-0.1, -0.05) is 49.9 Å². The van der Waals surface area contributed by atoms with Gasteiger partial charge in [-0.2, -0.15) is 0 Å². The molecule has 3 aromatic carbocycles. The van der Waals surface area contributed by atoms with Crippen molar-refractivity contribution in [3.8, 4) is 23.0 Å². The molecule has 0 N–H and O–H groups in total. The Bertz CT molecular complexity index is 1670. The molecule has 212 valence electrons. The lowest BCUT2D eigenvalue weighted by atomic mass is 9.97. The van der Waals surface area contributed by atoms with Crippen LogP contribution in [0.4, 0.5) is 0 Å². The molecule has 0 saturated heterocycles. The largest absolute Gasteiger partial charge is 0.493 e. The molecule has 1 aromatic heterocycles. The van der Waals surface area contributed by atoms with Crippen molar-refractivity contribution in [3.63, 3.8) is 0 Å². The van der Waals surface area contributed by atoms with Gasteiger partial charge in [-0.3, -0.25) is 9.59 Å². The lowest BCUT2D eigenvalue weighted by Gasteiger charge is -2.26. The maximum absolute atomic E-state index is 14.0. The lowest BCUT2D eigenvalue weighted by molar-refractivity contribution is 0.0714. The Labute approximate surface area is 238 Å². The summed E-state index contributed by atoms with van der Waals surface area (Å²) in [6.07, 6.45) is 4.39. The lowest BCUT2D eigenvalue weighted by Crippen LogP contribution is -2.29. The second-order valence-corrected chi connectivity index (χ2v) is 10.5. The third-order valence-electron chi connectivity index (χ3n) is 7.67. The Morgan fingerprint density at radius 2 is 1.78 bits per heavy atom. The zero-order valence-electron chi connectivity index (χ0n) is 23.5. The fourth-order valence-corrected chi connectivity index (χ4v) is 5.56. The number of methoxy groups -OCH3 is 1. The highest BCUT2D eigenvalue weighted by molar-refractivity contribution is 5.99. The van der Waals surface area contributed by atoms with Gasteiger partial charge in [0.05, 0.1) is 30.7 Å². The molecule has 8 nitrogen and oxygen atoms in total. The molecule has 0 radical (unpaired) electrons. The minimum Gasteiger partial charge on any atom is -0.493 e. The van der Waals surface area contributed by atoms with Crippen LogP contribution in [0.5, 0.6) is 23.0 Å². The molecular formula is C33H33NO7. The Kier molecular flexibility index (Phi) is 7.30. The number of benzene rings is 3. The van der Waals surface area contributed by atoms with E-state index < -0.39 is 6.04 Å². The first-order valence-electron chi connectivity index (χ1n) is 14.1. The Hall–Kier alpha value is -4.46. The van der Waals surface area contributed by atoms with Gasteiger partial charge in [0.25, 0.3) is 5.91 Å². The zero-order valence-corrected chi connectivity index (χ0v) is 23.5. The maximum atomic E-state index is 14.0. The van der Waals surface area contributed by atoms with Gasteiger partial charge in [-0.25, -0.2) is 0 Å². The highest BCUT2D eigenvalue weighted by Crippen LogP contribution is 2.42. The van der Waals surface area contributed by atoms with Crippen LogP contribution in [0, 0.1) is 6.92 Å². The molecule has 41 heavy (non-hydrogen) atoms. The summed E-state index contributed by atoms with van der Waals surface area (Å²) in [5.41, 5.74) is 3.00. The molecule has 0 aliphatic carbocycles. The number of ether oxygens (including phenoxy) is 4. The highest BCUT2D eigenvalue weighted by Gasteiger charge is 2.43. The Balaban J connectivity index is 1.42. The van der Waals surface area contributed by atoms with Crippen LogP contribution < -0.4 is 24.4 Å². The number of amides is 1. The number of carbonyl (C=O) groups excluding carboxylic acids is 1. The Morgan fingerprint density at radius 3 is 2.61 bits per heavy atom. The molecule has 1 atom stereocenters. The Morgan fingerprint density at radius 1 is 0.927 bits per heavy atom. The van der Waals surface area contributed by atoms with Crippen LogP contribution in [0.2, 0.25) is 0 Å². The van der Waals surface area contributed by atoms with E-state index in [1.54, 1.807) is 24.1 Å². The van der Waals surface area contributed by atoms with Gasteiger partial charge in [-0.15, -0.1) is 0 Å². The smallest absolute Gasteiger partial charge is 0.291 e. The van der Waals surface area contributed by atoms with E-state index in [0.29, 0.717) is 46.1 Å². The highest BCUT2D eigenvalue weighted by atomic mass is 16.7. The zero-order chi connectivity index (χ0) is 28.5. The second-order valence-electron chi connectivity index (χ2n) is 10.5. The topological polar surface area (TPSA) is 87.4 Å². The van der Waals surface area contributed by atoms with Crippen LogP contribution in [0.1, 0.15) is 71.5 Å². The summed E-state index contributed by atoms with van der Waals surface area (Å²) in [6.45, 7) is 5.08. The molecule has 4 aromatic rings. The summed E-state index contributed by atoms with van der Waals surface area (Å²) >= 11 is 0. The fraction of sp³-hybridized carbons (Fsp3) is 0.333. The first kappa shape index (κ1) is 26.7. The summed E-state index contributed by atoms with van der Waals surface area (Å²) < 4.78 is 28.9. The number of nitrogens with zero attached hydrogens (tertiary/aromatic N) is 1. The quantitative estimate of drug-likeness (QED) is 0.205. The minimum atomic E-state index is -0.684. The minimum absolute atomic E-state index is 0.0623. The maximum Gasteiger partial charge on any atom is 0.291 e. The molecule has 0 bridgehead atoms. The van der Waals surface area contributed by atoms with Crippen molar-refractivity contribution in [2.24, 2.45) is 0 Å². The van der Waals surface area contributed by atoms with E-state index in [1.807, 2.05) is 49.4 Å². The van der Waals surface area contributed by atoms with Crippen molar-refractivity contribution in [1.82, 2.24) is 4.90 Å². The van der Waals surface area contributed by atoms with Crippen LogP contribution in [0.25, 0.3) is 11.0 Å². The standard InChI is InChI=1S/C33H33NO7/c1-4-5-6-7-14-38-25-13-10-22(17-27(25)37-3)30-29-31(35)23-15-20(2)8-11-24(23)41-32(29)33(36)34(30)18-21-9-12-26-28(16-21)40-19-39-26/h8-13,15-17,30H,4-7,14,18-19H2,1-3H3. The van der Waals surface area contributed by atoms with Crippen molar-refractivity contribution in [2.75, 3.05) is 20.5 Å². The molecule has 0 fully saturated rings. The predicted molar refractivity (Wildman–Crippen MR) is 154 cm³/mol.